The van der Waals surface area contributed by atoms with Crippen LogP contribution in [-0.2, 0) is 25.5 Å². The molecule has 21 heavy (non-hydrogen) atoms. The number of carbonyl (C=O) groups is 2. The topological polar surface area (TPSA) is 71.1 Å². The Labute approximate surface area is 122 Å². The normalized spacial score (nSPS) is 12.3. The molecule has 0 amide bonds. The number of ether oxygens (including phenoxy) is 4. The molecule has 0 unspecified atom stereocenters. The quantitative estimate of drug-likeness (QED) is 0.744. The first-order valence-electron chi connectivity index (χ1n) is 6.70. The Morgan fingerprint density at radius 3 is 2.33 bits per heavy atom. The van der Waals surface area contributed by atoms with Gasteiger partial charge in [-0.05, 0) is 24.1 Å². The van der Waals surface area contributed by atoms with Gasteiger partial charge in [-0.1, -0.05) is 6.07 Å². The summed E-state index contributed by atoms with van der Waals surface area (Å²) in [5, 5.41) is 0. The smallest absolute Gasteiger partial charge is 0.302 e. The first-order chi connectivity index (χ1) is 10.0. The molecule has 0 fully saturated rings. The summed E-state index contributed by atoms with van der Waals surface area (Å²) in [6.07, 6.45) is 0.608. The fraction of sp³-hybridized carbons (Fsp3) is 0.467. The van der Waals surface area contributed by atoms with Gasteiger partial charge in [0.25, 0.3) is 0 Å². The lowest BCUT2D eigenvalue weighted by atomic mass is 10.0. The fourth-order valence-electron chi connectivity index (χ4n) is 2.04. The lowest BCUT2D eigenvalue weighted by Gasteiger charge is -2.16. The lowest BCUT2D eigenvalue weighted by Crippen LogP contribution is -2.21. The van der Waals surface area contributed by atoms with E-state index in [1.807, 2.05) is 18.2 Å². The van der Waals surface area contributed by atoms with Crippen LogP contribution in [0.25, 0.3) is 0 Å². The van der Waals surface area contributed by atoms with Gasteiger partial charge in [0, 0.05) is 19.8 Å². The van der Waals surface area contributed by atoms with E-state index in [1.165, 1.54) is 13.8 Å². The van der Waals surface area contributed by atoms with Crippen molar-refractivity contribution in [3.8, 4) is 11.5 Å². The molecule has 1 aromatic carbocycles. The van der Waals surface area contributed by atoms with E-state index in [-0.39, 0.29) is 37.9 Å². The van der Waals surface area contributed by atoms with Crippen LogP contribution in [0.1, 0.15) is 19.4 Å². The molecule has 2 rings (SSSR count). The van der Waals surface area contributed by atoms with Crippen molar-refractivity contribution in [2.75, 3.05) is 20.0 Å². The van der Waals surface area contributed by atoms with Crippen LogP contribution in [0.15, 0.2) is 18.2 Å². The molecule has 0 saturated heterocycles. The number of rotatable bonds is 6. The van der Waals surface area contributed by atoms with Gasteiger partial charge in [0.05, 0.1) is 13.2 Å². The predicted octanol–water partition coefficient (Wildman–Crippen LogP) is 1.70. The average Bonchev–Trinajstić information content (AvgIpc) is 2.89. The van der Waals surface area contributed by atoms with Crippen LogP contribution >= 0.6 is 0 Å². The van der Waals surface area contributed by atoms with E-state index in [4.69, 9.17) is 18.9 Å². The van der Waals surface area contributed by atoms with Crippen LogP contribution in [0.4, 0.5) is 0 Å². The third-order valence-corrected chi connectivity index (χ3v) is 3.01. The lowest BCUT2D eigenvalue weighted by molar-refractivity contribution is -0.146. The minimum atomic E-state index is -0.353. The van der Waals surface area contributed by atoms with Gasteiger partial charge in [0.1, 0.15) is 0 Å². The third-order valence-electron chi connectivity index (χ3n) is 3.01. The zero-order valence-corrected chi connectivity index (χ0v) is 12.1. The molecule has 0 aliphatic carbocycles. The Balaban J connectivity index is 1.98. The molecule has 0 N–H and O–H groups in total. The highest BCUT2D eigenvalue weighted by Gasteiger charge is 2.17. The molecule has 1 aromatic rings. The van der Waals surface area contributed by atoms with Crippen molar-refractivity contribution in [3.63, 3.8) is 0 Å². The molecular formula is C15H18O6. The fourth-order valence-corrected chi connectivity index (χ4v) is 2.04. The van der Waals surface area contributed by atoms with E-state index in [0.717, 1.165) is 11.3 Å². The molecule has 0 radical (unpaired) electrons. The minimum absolute atomic E-state index is 0.0989. The molecule has 1 aliphatic rings. The zero-order valence-electron chi connectivity index (χ0n) is 12.1. The Kier molecular flexibility index (Phi) is 5.03. The summed E-state index contributed by atoms with van der Waals surface area (Å²) >= 11 is 0. The van der Waals surface area contributed by atoms with E-state index >= 15 is 0 Å². The van der Waals surface area contributed by atoms with E-state index < -0.39 is 0 Å². The maximum absolute atomic E-state index is 10.9. The van der Waals surface area contributed by atoms with E-state index in [2.05, 4.69) is 0 Å². The highest BCUT2D eigenvalue weighted by atomic mass is 16.7. The Morgan fingerprint density at radius 2 is 1.71 bits per heavy atom. The minimum Gasteiger partial charge on any atom is -0.465 e. The van der Waals surface area contributed by atoms with Crippen molar-refractivity contribution < 1.29 is 28.5 Å². The molecule has 1 heterocycles. The zero-order chi connectivity index (χ0) is 15.2. The van der Waals surface area contributed by atoms with Crippen LogP contribution < -0.4 is 9.47 Å². The molecule has 0 atom stereocenters. The largest absolute Gasteiger partial charge is 0.465 e. The molecule has 0 bridgehead atoms. The van der Waals surface area contributed by atoms with E-state index in [9.17, 15) is 9.59 Å². The maximum atomic E-state index is 10.9. The van der Waals surface area contributed by atoms with E-state index in [1.54, 1.807) is 0 Å². The highest BCUT2D eigenvalue weighted by Crippen LogP contribution is 2.33. The van der Waals surface area contributed by atoms with Crippen LogP contribution in [0, 0.1) is 5.92 Å². The SMILES string of the molecule is CC(=O)OCC(COC(C)=O)Cc1ccc2c(c1)OCO2. The maximum Gasteiger partial charge on any atom is 0.302 e. The number of hydrogen-bond donors (Lipinski definition) is 0. The molecule has 1 aliphatic heterocycles. The summed E-state index contributed by atoms with van der Waals surface area (Å²) in [7, 11) is 0. The Bertz CT molecular complexity index is 507. The van der Waals surface area contributed by atoms with Gasteiger partial charge in [-0.15, -0.1) is 0 Å². The molecule has 6 nitrogen and oxygen atoms in total. The van der Waals surface area contributed by atoms with Gasteiger partial charge in [-0.25, -0.2) is 0 Å². The Hall–Kier alpha value is -2.24. The number of fused-ring (bicyclic) bond motifs is 1. The number of hydrogen-bond acceptors (Lipinski definition) is 6. The molecule has 6 heteroatoms. The monoisotopic (exact) mass is 294 g/mol. The van der Waals surface area contributed by atoms with Crippen molar-refractivity contribution >= 4 is 11.9 Å². The van der Waals surface area contributed by atoms with Crippen molar-refractivity contribution in [3.05, 3.63) is 23.8 Å². The number of carbonyl (C=O) groups excluding carboxylic acids is 2. The second kappa shape index (κ2) is 6.97. The summed E-state index contributed by atoms with van der Waals surface area (Å²) in [6.45, 7) is 3.34. The van der Waals surface area contributed by atoms with Gasteiger partial charge in [0.2, 0.25) is 6.79 Å². The second-order valence-corrected chi connectivity index (χ2v) is 4.86. The van der Waals surface area contributed by atoms with Crippen LogP contribution in [0.2, 0.25) is 0 Å². The summed E-state index contributed by atoms with van der Waals surface area (Å²) in [6, 6.07) is 5.64. The molecule has 0 spiro atoms. The molecular weight excluding hydrogens is 276 g/mol. The van der Waals surface area contributed by atoms with Crippen molar-refractivity contribution in [2.45, 2.75) is 20.3 Å². The summed E-state index contributed by atoms with van der Waals surface area (Å²) in [5.74, 6) is 0.613. The average molecular weight is 294 g/mol. The number of benzene rings is 1. The second-order valence-electron chi connectivity index (χ2n) is 4.86. The standard InChI is InChI=1S/C15H18O6/c1-10(16)18-7-13(8-19-11(2)17)5-12-3-4-14-15(6-12)21-9-20-14/h3-4,6,13H,5,7-9H2,1-2H3. The van der Waals surface area contributed by atoms with Crippen LogP contribution in [-0.4, -0.2) is 31.9 Å². The molecule has 0 saturated carbocycles. The summed E-state index contributed by atoms with van der Waals surface area (Å²) < 4.78 is 20.6. The van der Waals surface area contributed by atoms with Gasteiger partial charge in [-0.2, -0.15) is 0 Å². The van der Waals surface area contributed by atoms with Crippen molar-refractivity contribution in [1.82, 2.24) is 0 Å². The van der Waals surface area contributed by atoms with E-state index in [0.29, 0.717) is 12.2 Å². The first kappa shape index (κ1) is 15.2. The van der Waals surface area contributed by atoms with Crippen LogP contribution in [0.3, 0.4) is 0 Å². The third kappa shape index (κ3) is 4.66. The van der Waals surface area contributed by atoms with Crippen molar-refractivity contribution in [2.24, 2.45) is 5.92 Å². The number of esters is 2. The van der Waals surface area contributed by atoms with Crippen molar-refractivity contribution in [1.29, 1.82) is 0 Å². The van der Waals surface area contributed by atoms with Gasteiger partial charge in [-0.3, -0.25) is 9.59 Å². The van der Waals surface area contributed by atoms with Crippen LogP contribution in [0.5, 0.6) is 11.5 Å². The Morgan fingerprint density at radius 1 is 1.10 bits per heavy atom. The summed E-state index contributed by atoms with van der Waals surface area (Å²) in [4.78, 5) is 21.9. The highest BCUT2D eigenvalue weighted by molar-refractivity contribution is 5.66. The summed E-state index contributed by atoms with van der Waals surface area (Å²) in [5.41, 5.74) is 1.00. The van der Waals surface area contributed by atoms with Gasteiger partial charge < -0.3 is 18.9 Å². The predicted molar refractivity (Wildman–Crippen MR) is 73.0 cm³/mol. The first-order valence-corrected chi connectivity index (χ1v) is 6.70. The van der Waals surface area contributed by atoms with Gasteiger partial charge >= 0.3 is 11.9 Å². The van der Waals surface area contributed by atoms with Gasteiger partial charge in [0.15, 0.2) is 11.5 Å². The molecule has 114 valence electrons. The molecule has 0 aromatic heterocycles.